The quantitative estimate of drug-likeness (QED) is 0.458. The molecule has 1 aromatic heterocycles. The van der Waals surface area contributed by atoms with E-state index in [4.69, 9.17) is 5.73 Å². The average molecular weight is 396 g/mol. The molecule has 0 aromatic carbocycles. The Balaban J connectivity index is 1.78. The highest BCUT2D eigenvalue weighted by Crippen LogP contribution is 2.33. The lowest BCUT2D eigenvalue weighted by Gasteiger charge is -2.23. The molecule has 2 aliphatic rings. The van der Waals surface area contributed by atoms with Crippen molar-refractivity contribution in [3.05, 3.63) is 29.6 Å². The molecule has 3 heterocycles. The molecule has 2 amide bonds. The Morgan fingerprint density at radius 3 is 2.70 bits per heavy atom. The molecule has 3 rings (SSSR count). The number of pyridine rings is 1. The fourth-order valence-corrected chi connectivity index (χ4v) is 5.32. The van der Waals surface area contributed by atoms with Gasteiger partial charge in [-0.05, 0) is 18.9 Å². The molecule has 0 aliphatic carbocycles. The van der Waals surface area contributed by atoms with Gasteiger partial charge in [0.2, 0.25) is 11.8 Å². The third-order valence-corrected chi connectivity index (χ3v) is 6.74. The first-order valence-corrected chi connectivity index (χ1v) is 9.98. The number of nitrogens with zero attached hydrogens (tertiary/aromatic N) is 3. The Morgan fingerprint density at radius 1 is 1.30 bits per heavy atom. The number of aromatic nitrogens is 1. The van der Waals surface area contributed by atoms with E-state index >= 15 is 0 Å². The lowest BCUT2D eigenvalue weighted by atomic mass is 10.1. The van der Waals surface area contributed by atoms with Gasteiger partial charge < -0.3 is 15.8 Å². The Labute approximate surface area is 156 Å². The fourth-order valence-electron chi connectivity index (χ4n) is 3.66. The first-order chi connectivity index (χ1) is 12.7. The van der Waals surface area contributed by atoms with Crippen molar-refractivity contribution in [3.63, 3.8) is 0 Å². The van der Waals surface area contributed by atoms with Crippen molar-refractivity contribution < 1.29 is 27.5 Å². The van der Waals surface area contributed by atoms with Gasteiger partial charge in [-0.2, -0.15) is 9.04 Å². The van der Waals surface area contributed by atoms with Gasteiger partial charge in [0.05, 0.1) is 12.6 Å². The van der Waals surface area contributed by atoms with Gasteiger partial charge in [-0.15, -0.1) is 0 Å². The molecule has 2 N–H and O–H groups in total. The van der Waals surface area contributed by atoms with Crippen LogP contribution >= 0.6 is 0 Å². The van der Waals surface area contributed by atoms with Crippen LogP contribution < -0.4 is 10.5 Å². The van der Waals surface area contributed by atoms with E-state index in [1.54, 1.807) is 0 Å². The third kappa shape index (κ3) is 3.52. The molecule has 146 valence electrons. The third-order valence-electron chi connectivity index (χ3n) is 4.87. The summed E-state index contributed by atoms with van der Waals surface area (Å²) < 4.78 is 27.0. The molecular formula is C16H20N4O6S. The highest BCUT2D eigenvalue weighted by Gasteiger charge is 2.54. The lowest BCUT2D eigenvalue weighted by Crippen LogP contribution is -2.45. The van der Waals surface area contributed by atoms with E-state index in [0.717, 1.165) is 10.5 Å². The molecule has 11 heteroatoms. The normalized spacial score (nSPS) is 22.8. The van der Waals surface area contributed by atoms with E-state index in [2.05, 4.69) is 0 Å². The molecule has 2 aliphatic heterocycles. The number of sulfonamides is 1. The van der Waals surface area contributed by atoms with Crippen LogP contribution in [0.2, 0.25) is 0 Å². The molecule has 2 saturated heterocycles. The Hall–Kier alpha value is -2.53. The summed E-state index contributed by atoms with van der Waals surface area (Å²) in [6, 6.07) is 2.47. The number of rotatable bonds is 6. The van der Waals surface area contributed by atoms with Gasteiger partial charge in [-0.25, -0.2) is 8.42 Å². The summed E-state index contributed by atoms with van der Waals surface area (Å²) in [7, 11) is -4.17. The SMILES string of the molecule is NC(=O)CCCC(=O)N1CCC2C1C(=O)CN2S(=O)(=O)c1cccc[n+]1[O-]. The average Bonchev–Trinajstić information content (AvgIpc) is 3.16. The van der Waals surface area contributed by atoms with Crippen LogP contribution in [0.1, 0.15) is 25.7 Å². The molecule has 0 saturated carbocycles. The maximum Gasteiger partial charge on any atom is 0.323 e. The van der Waals surface area contributed by atoms with Crippen molar-refractivity contribution in [2.75, 3.05) is 13.1 Å². The predicted octanol–water partition coefficient (Wildman–Crippen LogP) is -1.48. The van der Waals surface area contributed by atoms with Crippen molar-refractivity contribution in [3.8, 4) is 0 Å². The lowest BCUT2D eigenvalue weighted by molar-refractivity contribution is -0.646. The Morgan fingerprint density at radius 2 is 2.04 bits per heavy atom. The maximum absolute atomic E-state index is 12.9. The first kappa shape index (κ1) is 19.2. The molecule has 1 aromatic rings. The van der Waals surface area contributed by atoms with E-state index in [1.165, 1.54) is 23.1 Å². The van der Waals surface area contributed by atoms with E-state index < -0.39 is 33.0 Å². The van der Waals surface area contributed by atoms with Crippen LogP contribution in [0.4, 0.5) is 0 Å². The summed E-state index contributed by atoms with van der Waals surface area (Å²) >= 11 is 0. The molecule has 2 fully saturated rings. The standard InChI is InChI=1S/C16H20N4O6S/c17-13(22)4-3-5-14(23)18-9-7-11-16(18)12(21)10-20(11)27(25,26)15-6-1-2-8-19(15)24/h1-2,6,8,11,16H,3-5,7,9-10H2,(H2,17,22). The first-order valence-electron chi connectivity index (χ1n) is 8.54. The van der Waals surface area contributed by atoms with Gasteiger partial charge in [-0.1, -0.05) is 0 Å². The second-order valence-corrected chi connectivity index (χ2v) is 8.43. The second kappa shape index (κ2) is 7.24. The van der Waals surface area contributed by atoms with Crippen LogP contribution in [0.5, 0.6) is 0 Å². The molecule has 2 atom stereocenters. The topological polar surface area (TPSA) is 145 Å². The van der Waals surface area contributed by atoms with E-state index in [9.17, 15) is 28.0 Å². The molecule has 2 unspecified atom stereocenters. The van der Waals surface area contributed by atoms with E-state index in [0.29, 0.717) is 6.42 Å². The van der Waals surface area contributed by atoms with Crippen LogP contribution in [-0.4, -0.2) is 60.4 Å². The minimum Gasteiger partial charge on any atom is -0.618 e. The van der Waals surface area contributed by atoms with Gasteiger partial charge in [0.1, 0.15) is 6.04 Å². The van der Waals surface area contributed by atoms with Gasteiger partial charge in [0, 0.05) is 31.5 Å². The monoisotopic (exact) mass is 396 g/mol. The minimum atomic E-state index is -4.17. The van der Waals surface area contributed by atoms with E-state index in [-0.39, 0.29) is 48.8 Å². The zero-order valence-corrected chi connectivity index (χ0v) is 15.3. The number of Topliss-reactive ketones (excluding diaryl/α,β-unsaturated/α-hetero) is 1. The van der Waals surface area contributed by atoms with Gasteiger partial charge >= 0.3 is 15.0 Å². The summed E-state index contributed by atoms with van der Waals surface area (Å²) in [5, 5.41) is 11.4. The summed E-state index contributed by atoms with van der Waals surface area (Å²) in [6.07, 6.45) is 1.79. The number of amides is 2. The summed E-state index contributed by atoms with van der Waals surface area (Å²) in [5.74, 6) is -1.20. The van der Waals surface area contributed by atoms with Crippen LogP contribution in [0.3, 0.4) is 0 Å². The number of hydrogen-bond acceptors (Lipinski definition) is 6. The summed E-state index contributed by atoms with van der Waals surface area (Å²) in [4.78, 5) is 37.0. The number of likely N-dealkylation sites (tertiary alicyclic amines) is 1. The van der Waals surface area contributed by atoms with Crippen LogP contribution in [-0.2, 0) is 24.4 Å². The maximum atomic E-state index is 12.9. The number of fused-ring (bicyclic) bond motifs is 1. The van der Waals surface area contributed by atoms with Crippen LogP contribution in [0.25, 0.3) is 0 Å². The zero-order chi connectivity index (χ0) is 19.8. The molecule has 0 spiro atoms. The van der Waals surface area contributed by atoms with E-state index in [1.807, 2.05) is 0 Å². The minimum absolute atomic E-state index is 0.0609. The van der Waals surface area contributed by atoms with Crippen molar-refractivity contribution >= 4 is 27.6 Å². The number of ketones is 1. The molecule has 0 radical (unpaired) electrons. The van der Waals surface area contributed by atoms with Crippen molar-refractivity contribution in [2.24, 2.45) is 5.73 Å². The van der Waals surface area contributed by atoms with Gasteiger partial charge in [-0.3, -0.25) is 14.4 Å². The number of carbonyl (C=O) groups is 3. The van der Waals surface area contributed by atoms with Crippen molar-refractivity contribution in [2.45, 2.75) is 42.8 Å². The van der Waals surface area contributed by atoms with Gasteiger partial charge in [0.15, 0.2) is 12.0 Å². The number of primary amides is 1. The van der Waals surface area contributed by atoms with Crippen molar-refractivity contribution in [1.82, 2.24) is 9.21 Å². The highest BCUT2D eigenvalue weighted by atomic mass is 32.2. The van der Waals surface area contributed by atoms with Crippen LogP contribution in [0.15, 0.2) is 29.4 Å². The zero-order valence-electron chi connectivity index (χ0n) is 14.5. The predicted molar refractivity (Wildman–Crippen MR) is 91.3 cm³/mol. The molecular weight excluding hydrogens is 376 g/mol. The highest BCUT2D eigenvalue weighted by molar-refractivity contribution is 7.89. The Kier molecular flexibility index (Phi) is 5.16. The summed E-state index contributed by atoms with van der Waals surface area (Å²) in [6.45, 7) is -0.133. The van der Waals surface area contributed by atoms with Crippen molar-refractivity contribution in [1.29, 1.82) is 0 Å². The molecule has 0 bridgehead atoms. The second-order valence-electron chi connectivity index (χ2n) is 6.59. The molecule has 10 nitrogen and oxygen atoms in total. The Bertz CT molecular complexity index is 887. The largest absolute Gasteiger partial charge is 0.618 e. The fraction of sp³-hybridized carbons (Fsp3) is 0.500. The molecule has 27 heavy (non-hydrogen) atoms. The number of hydrogen-bond donors (Lipinski definition) is 1. The smallest absolute Gasteiger partial charge is 0.323 e. The number of nitrogens with two attached hydrogens (primary N) is 1. The number of carbonyl (C=O) groups excluding carboxylic acids is 3. The summed E-state index contributed by atoms with van der Waals surface area (Å²) in [5.41, 5.74) is 5.05. The van der Waals surface area contributed by atoms with Gasteiger partial charge in [0.25, 0.3) is 0 Å². The van der Waals surface area contributed by atoms with Crippen LogP contribution in [0, 0.1) is 5.21 Å².